The predicted molar refractivity (Wildman–Crippen MR) is 58.0 cm³/mol. The highest BCUT2D eigenvalue weighted by atomic mass is 127. The van der Waals surface area contributed by atoms with Crippen molar-refractivity contribution in [3.8, 4) is 6.07 Å². The van der Waals surface area contributed by atoms with Gasteiger partial charge in [-0.15, -0.1) is 0 Å². The van der Waals surface area contributed by atoms with Crippen LogP contribution in [0.5, 0.6) is 0 Å². The van der Waals surface area contributed by atoms with E-state index in [2.05, 4.69) is 4.98 Å². The molecule has 0 aliphatic heterocycles. The fraction of sp³-hybridized carbons (Fsp3) is 0.222. The molecule has 1 N–H and O–H groups in total. The van der Waals surface area contributed by atoms with Crippen LogP contribution in [0.3, 0.4) is 0 Å². The third-order valence-electron chi connectivity index (χ3n) is 1.79. The Labute approximate surface area is 103 Å². The number of hydrogen-bond acceptors (Lipinski definition) is 3. The molecule has 0 radical (unpaired) electrons. The number of alkyl halides is 2. The summed E-state index contributed by atoms with van der Waals surface area (Å²) >= 11 is 1.65. The molecular formula is C9H5F2IN2O2. The molecule has 0 spiro atoms. The third-order valence-corrected chi connectivity index (χ3v) is 2.95. The van der Waals surface area contributed by atoms with Crippen LogP contribution >= 0.6 is 22.6 Å². The van der Waals surface area contributed by atoms with Gasteiger partial charge in [0.1, 0.15) is 6.07 Å². The normalized spacial score (nSPS) is 10.2. The smallest absolute Gasteiger partial charge is 0.309 e. The van der Waals surface area contributed by atoms with Crippen molar-refractivity contribution in [2.45, 2.75) is 12.8 Å². The van der Waals surface area contributed by atoms with E-state index in [1.807, 2.05) is 0 Å². The maximum absolute atomic E-state index is 12.5. The van der Waals surface area contributed by atoms with Crippen LogP contribution in [0.25, 0.3) is 0 Å². The summed E-state index contributed by atoms with van der Waals surface area (Å²) in [5, 5.41) is 17.3. The zero-order valence-corrected chi connectivity index (χ0v) is 9.90. The Morgan fingerprint density at radius 3 is 2.75 bits per heavy atom. The molecule has 0 amide bonds. The lowest BCUT2D eigenvalue weighted by molar-refractivity contribution is -0.136. The third kappa shape index (κ3) is 2.63. The van der Waals surface area contributed by atoms with Crippen molar-refractivity contribution in [2.75, 3.05) is 0 Å². The van der Waals surface area contributed by atoms with E-state index in [0.29, 0.717) is 0 Å². The van der Waals surface area contributed by atoms with Crippen molar-refractivity contribution in [1.29, 1.82) is 5.26 Å². The second-order valence-corrected chi connectivity index (χ2v) is 3.91. The van der Waals surface area contributed by atoms with Gasteiger partial charge in [0, 0.05) is 6.20 Å². The molecule has 84 valence electrons. The first-order valence-corrected chi connectivity index (χ1v) is 5.12. The summed E-state index contributed by atoms with van der Waals surface area (Å²) in [6, 6.07) is 1.64. The molecule has 1 heterocycles. The number of aromatic nitrogens is 1. The first-order valence-electron chi connectivity index (χ1n) is 4.04. The molecule has 0 saturated carbocycles. The van der Waals surface area contributed by atoms with Crippen molar-refractivity contribution in [2.24, 2.45) is 0 Å². The second-order valence-electron chi connectivity index (χ2n) is 2.83. The average molecular weight is 338 g/mol. The summed E-state index contributed by atoms with van der Waals surface area (Å²) in [4.78, 5) is 14.1. The van der Waals surface area contributed by atoms with E-state index in [0.717, 1.165) is 6.20 Å². The molecule has 1 rings (SSSR count). The number of rotatable bonds is 3. The standard InChI is InChI=1S/C9H5F2IN2O2/c10-9(11)5-3-14-6(1-7(15)16)8(12)4(5)2-13/h3,9H,1H2,(H,15,16). The number of carboxylic acid groups (broad SMARTS) is 1. The molecule has 0 atom stereocenters. The molecule has 0 fully saturated rings. The van der Waals surface area contributed by atoms with Gasteiger partial charge in [0.25, 0.3) is 6.43 Å². The summed E-state index contributed by atoms with van der Waals surface area (Å²) in [5.74, 6) is -1.13. The number of carboxylic acids is 1. The van der Waals surface area contributed by atoms with E-state index in [9.17, 15) is 13.6 Å². The molecule has 0 unspecified atom stereocenters. The van der Waals surface area contributed by atoms with Gasteiger partial charge in [0.15, 0.2) is 0 Å². The lowest BCUT2D eigenvalue weighted by Crippen LogP contribution is -2.08. The van der Waals surface area contributed by atoms with Crippen molar-refractivity contribution in [1.82, 2.24) is 4.98 Å². The van der Waals surface area contributed by atoms with Crippen LogP contribution in [0, 0.1) is 14.9 Å². The van der Waals surface area contributed by atoms with Crippen LogP contribution in [0.4, 0.5) is 8.78 Å². The average Bonchev–Trinajstić information content (AvgIpc) is 2.19. The van der Waals surface area contributed by atoms with Crippen LogP contribution in [0.2, 0.25) is 0 Å². The molecular weight excluding hydrogens is 333 g/mol. The van der Waals surface area contributed by atoms with Crippen LogP contribution in [-0.2, 0) is 11.2 Å². The number of nitriles is 1. The zero-order chi connectivity index (χ0) is 12.3. The Bertz CT molecular complexity index is 471. The first-order chi connectivity index (χ1) is 7.47. The molecule has 0 bridgehead atoms. The monoisotopic (exact) mass is 338 g/mol. The minimum Gasteiger partial charge on any atom is -0.481 e. The Hall–Kier alpha value is -1.30. The van der Waals surface area contributed by atoms with Gasteiger partial charge < -0.3 is 5.11 Å². The summed E-state index contributed by atoms with van der Waals surface area (Å²) in [7, 11) is 0. The predicted octanol–water partition coefficient (Wildman–Crippen LogP) is 2.12. The largest absolute Gasteiger partial charge is 0.481 e. The van der Waals surface area contributed by atoms with Gasteiger partial charge in [0.2, 0.25) is 0 Å². The highest BCUT2D eigenvalue weighted by Crippen LogP contribution is 2.26. The summed E-state index contributed by atoms with van der Waals surface area (Å²) in [6.45, 7) is 0. The minimum atomic E-state index is -2.80. The molecule has 1 aromatic heterocycles. The Morgan fingerprint density at radius 1 is 1.69 bits per heavy atom. The van der Waals surface area contributed by atoms with Crippen LogP contribution in [0.15, 0.2) is 6.20 Å². The molecule has 4 nitrogen and oxygen atoms in total. The Morgan fingerprint density at radius 2 is 2.31 bits per heavy atom. The SMILES string of the molecule is N#Cc1c(C(F)F)cnc(CC(=O)O)c1I. The zero-order valence-electron chi connectivity index (χ0n) is 7.75. The molecule has 0 saturated heterocycles. The second kappa shape index (κ2) is 5.16. The van der Waals surface area contributed by atoms with Gasteiger partial charge >= 0.3 is 5.97 Å². The maximum atomic E-state index is 12.5. The Kier molecular flexibility index (Phi) is 4.12. The van der Waals surface area contributed by atoms with Gasteiger partial charge in [-0.1, -0.05) is 0 Å². The number of carbonyl (C=O) groups is 1. The number of pyridine rings is 1. The number of aliphatic carboxylic acids is 1. The van der Waals surface area contributed by atoms with Gasteiger partial charge in [0.05, 0.1) is 26.8 Å². The van der Waals surface area contributed by atoms with Crippen molar-refractivity contribution >= 4 is 28.6 Å². The fourth-order valence-electron chi connectivity index (χ4n) is 1.09. The quantitative estimate of drug-likeness (QED) is 0.857. The van der Waals surface area contributed by atoms with E-state index < -0.39 is 24.4 Å². The molecule has 1 aromatic rings. The number of hydrogen-bond donors (Lipinski definition) is 1. The van der Waals surface area contributed by atoms with E-state index >= 15 is 0 Å². The summed E-state index contributed by atoms with van der Waals surface area (Å²) in [6.07, 6.45) is -2.34. The van der Waals surface area contributed by atoms with Crippen LogP contribution in [0.1, 0.15) is 23.2 Å². The molecule has 0 aliphatic carbocycles. The fourth-order valence-corrected chi connectivity index (χ4v) is 1.85. The topological polar surface area (TPSA) is 74.0 Å². The Balaban J connectivity index is 3.30. The highest BCUT2D eigenvalue weighted by Gasteiger charge is 2.19. The lowest BCUT2D eigenvalue weighted by Gasteiger charge is -2.07. The van der Waals surface area contributed by atoms with Crippen LogP contribution in [-0.4, -0.2) is 16.1 Å². The van der Waals surface area contributed by atoms with E-state index in [4.69, 9.17) is 10.4 Å². The van der Waals surface area contributed by atoms with Crippen molar-refractivity contribution < 1.29 is 18.7 Å². The van der Waals surface area contributed by atoms with E-state index in [1.165, 1.54) is 0 Å². The van der Waals surface area contributed by atoms with Crippen molar-refractivity contribution in [3.63, 3.8) is 0 Å². The minimum absolute atomic E-state index is 0.119. The van der Waals surface area contributed by atoms with Gasteiger partial charge in [-0.05, 0) is 22.6 Å². The van der Waals surface area contributed by atoms with Crippen LogP contribution < -0.4 is 0 Å². The first kappa shape index (κ1) is 12.8. The highest BCUT2D eigenvalue weighted by molar-refractivity contribution is 14.1. The number of nitrogens with zero attached hydrogens (tertiary/aromatic N) is 2. The van der Waals surface area contributed by atoms with Gasteiger partial charge in [-0.25, -0.2) is 8.78 Å². The van der Waals surface area contributed by atoms with E-state index in [1.54, 1.807) is 28.7 Å². The van der Waals surface area contributed by atoms with E-state index in [-0.39, 0.29) is 14.8 Å². The van der Waals surface area contributed by atoms with Crippen molar-refractivity contribution in [3.05, 3.63) is 26.6 Å². The molecule has 0 aromatic carbocycles. The molecule has 7 heteroatoms. The molecule has 16 heavy (non-hydrogen) atoms. The molecule has 0 aliphatic rings. The van der Waals surface area contributed by atoms with Gasteiger partial charge in [-0.3, -0.25) is 9.78 Å². The lowest BCUT2D eigenvalue weighted by atomic mass is 10.1. The maximum Gasteiger partial charge on any atom is 0.309 e. The van der Waals surface area contributed by atoms with Gasteiger partial charge in [-0.2, -0.15) is 5.26 Å². The summed E-state index contributed by atoms with van der Waals surface area (Å²) in [5.41, 5.74) is -0.558. The summed E-state index contributed by atoms with van der Waals surface area (Å²) < 4.78 is 25.1. The number of halogens is 3.